The van der Waals surface area contributed by atoms with E-state index in [0.29, 0.717) is 12.0 Å². The number of carbonyl (C=O) groups is 6. The minimum Gasteiger partial charge on any atom is -0.471 e. The minimum absolute atomic E-state index is 0.170. The molecule has 16 heteroatoms. The van der Waals surface area contributed by atoms with E-state index in [1.807, 2.05) is 0 Å². The lowest BCUT2D eigenvalue weighted by molar-refractivity contribution is -0.342. The van der Waals surface area contributed by atoms with Crippen molar-refractivity contribution in [2.24, 2.45) is 11.8 Å². The van der Waals surface area contributed by atoms with Crippen molar-refractivity contribution >= 4 is 41.4 Å². The number of rotatable bonds is 11. The number of nitrogens with one attached hydrogen (secondary N) is 1. The SMILES string of the molecule is CC(=O)OCC1=CC[C@@H]2C(C(=O)Nc3cccc(F)c3)=CO[C@@H](O[C@@H]3O[C@H](COC(C)=O)[C@@H](OC(C)=O)[C@H](OC(C)=O)[C@H]3OC(C)=O)[C@H]12. The van der Waals surface area contributed by atoms with Crippen LogP contribution < -0.4 is 5.32 Å². The Morgan fingerprint density at radius 1 is 0.833 bits per heavy atom. The highest BCUT2D eigenvalue weighted by molar-refractivity contribution is 6.04. The average Bonchev–Trinajstić information content (AvgIpc) is 3.42. The van der Waals surface area contributed by atoms with Crippen molar-refractivity contribution < 1.29 is 71.1 Å². The van der Waals surface area contributed by atoms with Crippen LogP contribution in [0.25, 0.3) is 0 Å². The second-order valence-corrected chi connectivity index (χ2v) is 11.2. The van der Waals surface area contributed by atoms with E-state index in [0.717, 1.165) is 33.8 Å². The number of allylic oxidation sites excluding steroid dienone is 1. The highest BCUT2D eigenvalue weighted by atomic mass is 19.1. The van der Waals surface area contributed by atoms with Gasteiger partial charge in [0.2, 0.25) is 12.6 Å². The molecule has 0 saturated carbocycles. The summed E-state index contributed by atoms with van der Waals surface area (Å²) in [6.45, 7) is 5.00. The molecule has 1 saturated heterocycles. The molecular weight excluding hydrogens is 641 g/mol. The molecule has 1 aromatic carbocycles. The summed E-state index contributed by atoms with van der Waals surface area (Å²) in [4.78, 5) is 73.2. The van der Waals surface area contributed by atoms with Crippen molar-refractivity contribution in [3.05, 3.63) is 53.6 Å². The number of carbonyl (C=O) groups excluding carboxylic acids is 6. The van der Waals surface area contributed by atoms with Crippen LogP contribution in [-0.4, -0.2) is 86.0 Å². The van der Waals surface area contributed by atoms with E-state index in [2.05, 4.69) is 5.32 Å². The molecule has 1 N–H and O–H groups in total. The van der Waals surface area contributed by atoms with Crippen LogP contribution in [0.1, 0.15) is 41.0 Å². The van der Waals surface area contributed by atoms with Crippen LogP contribution in [0.3, 0.4) is 0 Å². The fourth-order valence-electron chi connectivity index (χ4n) is 5.70. The molecule has 15 nitrogen and oxygen atoms in total. The number of halogens is 1. The fraction of sp³-hybridized carbons (Fsp3) is 0.500. The minimum atomic E-state index is -1.58. The Kier molecular flexibility index (Phi) is 11.9. The van der Waals surface area contributed by atoms with Gasteiger partial charge in [0.25, 0.3) is 5.91 Å². The van der Waals surface area contributed by atoms with Gasteiger partial charge in [0.05, 0.1) is 17.8 Å². The highest BCUT2D eigenvalue weighted by Crippen LogP contribution is 2.45. The third-order valence-electron chi connectivity index (χ3n) is 7.52. The first-order chi connectivity index (χ1) is 22.7. The van der Waals surface area contributed by atoms with Crippen molar-refractivity contribution in [1.82, 2.24) is 0 Å². The maximum Gasteiger partial charge on any atom is 0.303 e. The number of hydrogen-bond acceptors (Lipinski definition) is 14. The fourth-order valence-corrected chi connectivity index (χ4v) is 5.70. The third-order valence-corrected chi connectivity index (χ3v) is 7.52. The summed E-state index contributed by atoms with van der Waals surface area (Å²) in [5, 5.41) is 2.64. The van der Waals surface area contributed by atoms with Crippen molar-refractivity contribution in [2.75, 3.05) is 18.5 Å². The summed E-state index contributed by atoms with van der Waals surface area (Å²) in [6.07, 6.45) is -5.32. The second kappa shape index (κ2) is 15.8. The average molecular weight is 678 g/mol. The van der Waals surface area contributed by atoms with Crippen LogP contribution >= 0.6 is 0 Å². The van der Waals surface area contributed by atoms with Crippen LogP contribution in [0, 0.1) is 17.7 Å². The van der Waals surface area contributed by atoms with Gasteiger partial charge < -0.3 is 43.2 Å². The van der Waals surface area contributed by atoms with E-state index in [1.165, 1.54) is 31.4 Å². The van der Waals surface area contributed by atoms with Crippen LogP contribution in [0.2, 0.25) is 0 Å². The first kappa shape index (κ1) is 36.0. The molecule has 0 aromatic heterocycles. The molecule has 1 aromatic rings. The topological polar surface area (TPSA) is 188 Å². The van der Waals surface area contributed by atoms with E-state index >= 15 is 0 Å². The Labute approximate surface area is 274 Å². The maximum absolute atomic E-state index is 13.8. The van der Waals surface area contributed by atoms with Gasteiger partial charge in [-0.15, -0.1) is 0 Å². The maximum atomic E-state index is 13.8. The molecular formula is C32H36FNO14. The Balaban J connectivity index is 1.69. The molecule has 3 aliphatic rings. The van der Waals surface area contributed by atoms with E-state index < -0.39 is 97.0 Å². The number of benzene rings is 1. The smallest absolute Gasteiger partial charge is 0.303 e. The van der Waals surface area contributed by atoms with Gasteiger partial charge in [-0.05, 0) is 30.2 Å². The van der Waals surface area contributed by atoms with E-state index in [-0.39, 0.29) is 17.9 Å². The normalized spacial score (nSPS) is 27.5. The molecule has 1 aliphatic carbocycles. The quantitative estimate of drug-likeness (QED) is 0.204. The molecule has 0 spiro atoms. The summed E-state index contributed by atoms with van der Waals surface area (Å²) in [6, 6.07) is 5.32. The Hall–Kier alpha value is -4.83. The van der Waals surface area contributed by atoms with Gasteiger partial charge in [-0.2, -0.15) is 0 Å². The first-order valence-corrected chi connectivity index (χ1v) is 14.9. The number of amides is 1. The molecule has 48 heavy (non-hydrogen) atoms. The van der Waals surface area contributed by atoms with E-state index in [9.17, 15) is 33.2 Å². The predicted octanol–water partition coefficient (Wildman–Crippen LogP) is 2.23. The molecule has 260 valence electrons. The lowest BCUT2D eigenvalue weighted by Gasteiger charge is -2.45. The summed E-state index contributed by atoms with van der Waals surface area (Å²) in [5.74, 6) is -6.20. The molecule has 0 radical (unpaired) electrons. The van der Waals surface area contributed by atoms with Gasteiger partial charge >= 0.3 is 29.8 Å². The first-order valence-electron chi connectivity index (χ1n) is 14.9. The Morgan fingerprint density at radius 2 is 1.48 bits per heavy atom. The molecule has 2 heterocycles. The monoisotopic (exact) mass is 677 g/mol. The highest BCUT2D eigenvalue weighted by Gasteiger charge is 2.55. The van der Waals surface area contributed by atoms with Gasteiger partial charge in [0, 0.05) is 46.2 Å². The standard InChI is InChI=1S/C32H36FNO14/c1-15(35)41-12-20-9-10-23-24(30(40)34-22-8-6-7-21(33)11-22)13-43-31(26(20)23)48-32-29(46-19(5)39)28(45-18(4)38)27(44-17(3)37)25(47-32)14-42-16(2)36/h6-9,11,13,23,25-29,31-32H,10,12,14H2,1-5H3,(H,34,40)/t23-,25-,26-,27-,28+,29-,31+,32+/m1/s1. The lowest BCUT2D eigenvalue weighted by atomic mass is 9.83. The number of esters is 5. The number of ether oxygens (including phenoxy) is 8. The summed E-state index contributed by atoms with van der Waals surface area (Å²) in [7, 11) is 0. The predicted molar refractivity (Wildman–Crippen MR) is 157 cm³/mol. The molecule has 0 unspecified atom stereocenters. The third kappa shape index (κ3) is 9.16. The van der Waals surface area contributed by atoms with Crippen LogP contribution in [0.15, 0.2) is 47.7 Å². The van der Waals surface area contributed by atoms with Gasteiger partial charge in [0.1, 0.15) is 25.1 Å². The summed E-state index contributed by atoms with van der Waals surface area (Å²) in [5.41, 5.74) is 0.925. The van der Waals surface area contributed by atoms with Gasteiger partial charge in [-0.25, -0.2) is 4.39 Å². The Morgan fingerprint density at radius 3 is 2.10 bits per heavy atom. The molecule has 2 aliphatic heterocycles. The van der Waals surface area contributed by atoms with Gasteiger partial charge in [-0.1, -0.05) is 12.1 Å². The Bertz CT molecular complexity index is 1490. The van der Waals surface area contributed by atoms with E-state index in [1.54, 1.807) is 6.08 Å². The zero-order valence-electron chi connectivity index (χ0n) is 26.8. The zero-order valence-corrected chi connectivity index (χ0v) is 26.8. The van der Waals surface area contributed by atoms with E-state index in [4.69, 9.17) is 37.9 Å². The van der Waals surface area contributed by atoms with Crippen molar-refractivity contribution in [2.45, 2.75) is 78.0 Å². The number of anilines is 1. The van der Waals surface area contributed by atoms with Gasteiger partial charge in [-0.3, -0.25) is 28.8 Å². The number of hydrogen-bond donors (Lipinski definition) is 1. The lowest BCUT2D eigenvalue weighted by Crippen LogP contribution is -2.63. The zero-order chi connectivity index (χ0) is 35.1. The summed E-state index contributed by atoms with van der Waals surface area (Å²) >= 11 is 0. The van der Waals surface area contributed by atoms with Crippen LogP contribution in [0.4, 0.5) is 10.1 Å². The van der Waals surface area contributed by atoms with Crippen LogP contribution in [-0.2, 0) is 66.7 Å². The van der Waals surface area contributed by atoms with Crippen LogP contribution in [0.5, 0.6) is 0 Å². The second-order valence-electron chi connectivity index (χ2n) is 11.2. The van der Waals surface area contributed by atoms with Crippen molar-refractivity contribution in [3.8, 4) is 0 Å². The van der Waals surface area contributed by atoms with Crippen molar-refractivity contribution in [3.63, 3.8) is 0 Å². The largest absolute Gasteiger partial charge is 0.471 e. The molecule has 0 bridgehead atoms. The molecule has 1 fully saturated rings. The number of fused-ring (bicyclic) bond motifs is 1. The van der Waals surface area contributed by atoms with Crippen molar-refractivity contribution in [1.29, 1.82) is 0 Å². The molecule has 8 atom stereocenters. The summed E-state index contributed by atoms with van der Waals surface area (Å²) < 4.78 is 58.7. The molecule has 1 amide bonds. The molecule has 4 rings (SSSR count). The van der Waals surface area contributed by atoms with Gasteiger partial charge in [0.15, 0.2) is 18.3 Å².